The molecule has 2 aliphatic rings. The summed E-state index contributed by atoms with van der Waals surface area (Å²) >= 11 is 1.66. The van der Waals surface area contributed by atoms with Crippen LogP contribution in [0.2, 0.25) is 0 Å². The van der Waals surface area contributed by atoms with Gasteiger partial charge in [0.25, 0.3) is 0 Å². The fraction of sp³-hybridized carbons (Fsp3) is 0.550. The largest absolute Gasteiger partial charge is 0.378 e. The molecule has 0 bridgehead atoms. The van der Waals surface area contributed by atoms with Crippen LogP contribution >= 0.6 is 11.3 Å². The minimum absolute atomic E-state index is 0.405. The lowest BCUT2D eigenvalue weighted by Crippen LogP contribution is -2.38. The molecule has 0 aromatic carbocycles. The van der Waals surface area contributed by atoms with E-state index in [0.29, 0.717) is 6.10 Å². The van der Waals surface area contributed by atoms with Crippen molar-refractivity contribution in [2.45, 2.75) is 44.6 Å². The highest BCUT2D eigenvalue weighted by molar-refractivity contribution is 7.08. The summed E-state index contributed by atoms with van der Waals surface area (Å²) in [5.74, 6) is 2.60. The molecule has 0 N–H and O–H groups in total. The number of hydrogen-bond acceptors (Lipinski definition) is 6. The molecular formula is C20H25N5OS. The SMILES string of the molecule is c1cc(-c2nnc3ccc(N4CCC(OCC5CCCC5)CC4)nn23)cs1. The van der Waals surface area contributed by atoms with Crippen LogP contribution in [-0.4, -0.2) is 45.6 Å². The van der Waals surface area contributed by atoms with E-state index in [9.17, 15) is 0 Å². The number of ether oxygens (including phenoxy) is 1. The number of nitrogens with zero attached hydrogens (tertiary/aromatic N) is 5. The van der Waals surface area contributed by atoms with Gasteiger partial charge in [-0.25, -0.2) is 0 Å². The maximum absolute atomic E-state index is 6.21. The molecule has 0 radical (unpaired) electrons. The molecule has 3 aromatic rings. The molecule has 4 heterocycles. The van der Waals surface area contributed by atoms with Gasteiger partial charge in [0, 0.05) is 30.6 Å². The van der Waals surface area contributed by atoms with Crippen LogP contribution in [0.3, 0.4) is 0 Å². The average molecular weight is 384 g/mol. The predicted octanol–water partition coefficient (Wildman–Crippen LogP) is 4.03. The van der Waals surface area contributed by atoms with Crippen molar-refractivity contribution in [3.8, 4) is 11.4 Å². The summed E-state index contributed by atoms with van der Waals surface area (Å²) in [5, 5.41) is 17.5. The van der Waals surface area contributed by atoms with Gasteiger partial charge < -0.3 is 9.64 Å². The molecule has 6 nitrogen and oxygen atoms in total. The van der Waals surface area contributed by atoms with Crippen LogP contribution in [0.1, 0.15) is 38.5 Å². The first kappa shape index (κ1) is 17.1. The number of thiophene rings is 1. The van der Waals surface area contributed by atoms with Crippen LogP contribution in [0, 0.1) is 5.92 Å². The Kier molecular flexibility index (Phi) is 4.80. The fourth-order valence-electron chi connectivity index (χ4n) is 4.22. The van der Waals surface area contributed by atoms with Crippen molar-refractivity contribution in [2.75, 3.05) is 24.6 Å². The summed E-state index contributed by atoms with van der Waals surface area (Å²) in [4.78, 5) is 2.35. The van der Waals surface area contributed by atoms with Crippen molar-refractivity contribution in [3.63, 3.8) is 0 Å². The van der Waals surface area contributed by atoms with Gasteiger partial charge in [0.15, 0.2) is 11.5 Å². The second kappa shape index (κ2) is 7.56. The van der Waals surface area contributed by atoms with E-state index < -0.39 is 0 Å². The summed E-state index contributed by atoms with van der Waals surface area (Å²) in [6.07, 6.45) is 8.04. The van der Waals surface area contributed by atoms with Crippen molar-refractivity contribution < 1.29 is 4.74 Å². The van der Waals surface area contributed by atoms with E-state index in [1.807, 2.05) is 10.6 Å². The van der Waals surface area contributed by atoms with Gasteiger partial charge in [-0.1, -0.05) is 12.8 Å². The summed E-state index contributed by atoms with van der Waals surface area (Å²) in [6.45, 7) is 2.94. The van der Waals surface area contributed by atoms with Gasteiger partial charge in [0.2, 0.25) is 0 Å². The smallest absolute Gasteiger partial charge is 0.186 e. The Morgan fingerprint density at radius 1 is 1.04 bits per heavy atom. The first-order chi connectivity index (χ1) is 13.4. The van der Waals surface area contributed by atoms with Crippen LogP contribution in [0.25, 0.3) is 17.0 Å². The zero-order valence-corrected chi connectivity index (χ0v) is 16.3. The Morgan fingerprint density at radius 3 is 2.67 bits per heavy atom. The lowest BCUT2D eigenvalue weighted by molar-refractivity contribution is 0.0164. The Morgan fingerprint density at radius 2 is 1.89 bits per heavy atom. The van der Waals surface area contributed by atoms with Crippen molar-refractivity contribution >= 4 is 22.8 Å². The van der Waals surface area contributed by atoms with Crippen LogP contribution in [0.5, 0.6) is 0 Å². The first-order valence-electron chi connectivity index (χ1n) is 9.98. The highest BCUT2D eigenvalue weighted by Crippen LogP contribution is 2.27. The van der Waals surface area contributed by atoms with Crippen LogP contribution in [-0.2, 0) is 4.74 Å². The summed E-state index contributed by atoms with van der Waals surface area (Å²) in [6, 6.07) is 6.12. The molecule has 1 aliphatic heterocycles. The molecule has 2 fully saturated rings. The maximum atomic E-state index is 6.21. The minimum atomic E-state index is 0.405. The Balaban J connectivity index is 1.25. The lowest BCUT2D eigenvalue weighted by Gasteiger charge is -2.33. The molecule has 1 saturated heterocycles. The number of anilines is 1. The zero-order chi connectivity index (χ0) is 18.1. The molecule has 7 heteroatoms. The van der Waals surface area contributed by atoms with Crippen molar-refractivity contribution in [2.24, 2.45) is 5.92 Å². The normalized spacial score (nSPS) is 19.3. The Labute approximate surface area is 163 Å². The number of aromatic nitrogens is 4. The molecule has 0 atom stereocenters. The first-order valence-corrected chi connectivity index (χ1v) is 10.9. The maximum Gasteiger partial charge on any atom is 0.186 e. The van der Waals surface area contributed by atoms with E-state index in [2.05, 4.69) is 38.0 Å². The fourth-order valence-corrected chi connectivity index (χ4v) is 4.85. The summed E-state index contributed by atoms with van der Waals surface area (Å²) < 4.78 is 8.07. The van der Waals surface area contributed by atoms with Crippen molar-refractivity contribution in [3.05, 3.63) is 29.0 Å². The van der Waals surface area contributed by atoms with E-state index in [-0.39, 0.29) is 0 Å². The quantitative estimate of drug-likeness (QED) is 0.666. The van der Waals surface area contributed by atoms with E-state index in [0.717, 1.165) is 61.3 Å². The van der Waals surface area contributed by atoms with Gasteiger partial charge >= 0.3 is 0 Å². The number of piperidine rings is 1. The Bertz CT molecular complexity index is 879. The Hall–Kier alpha value is -1.99. The van der Waals surface area contributed by atoms with Gasteiger partial charge in [-0.05, 0) is 55.2 Å². The van der Waals surface area contributed by atoms with Gasteiger partial charge in [0.05, 0.1) is 6.10 Å². The molecular weight excluding hydrogens is 358 g/mol. The second-order valence-corrected chi connectivity index (χ2v) is 8.45. The molecule has 27 heavy (non-hydrogen) atoms. The van der Waals surface area contributed by atoms with Crippen molar-refractivity contribution in [1.29, 1.82) is 0 Å². The number of fused-ring (bicyclic) bond motifs is 1. The van der Waals surface area contributed by atoms with Gasteiger partial charge in [-0.2, -0.15) is 15.9 Å². The minimum Gasteiger partial charge on any atom is -0.378 e. The number of hydrogen-bond donors (Lipinski definition) is 0. The van der Waals surface area contributed by atoms with E-state index in [4.69, 9.17) is 9.84 Å². The van der Waals surface area contributed by atoms with E-state index >= 15 is 0 Å². The van der Waals surface area contributed by atoms with E-state index in [1.54, 1.807) is 11.3 Å². The monoisotopic (exact) mass is 383 g/mol. The van der Waals surface area contributed by atoms with Gasteiger partial charge in [-0.3, -0.25) is 0 Å². The van der Waals surface area contributed by atoms with Gasteiger partial charge in [0.1, 0.15) is 5.82 Å². The molecule has 5 rings (SSSR count). The molecule has 3 aromatic heterocycles. The number of rotatable bonds is 5. The topological polar surface area (TPSA) is 55.5 Å². The van der Waals surface area contributed by atoms with Gasteiger partial charge in [-0.15, -0.1) is 15.3 Å². The highest BCUT2D eigenvalue weighted by atomic mass is 32.1. The zero-order valence-electron chi connectivity index (χ0n) is 15.5. The third-order valence-corrected chi connectivity index (χ3v) is 6.52. The third kappa shape index (κ3) is 3.58. The molecule has 1 saturated carbocycles. The van der Waals surface area contributed by atoms with Crippen LogP contribution < -0.4 is 4.90 Å². The average Bonchev–Trinajstić information content (AvgIpc) is 3.47. The van der Waals surface area contributed by atoms with Crippen molar-refractivity contribution in [1.82, 2.24) is 19.8 Å². The van der Waals surface area contributed by atoms with Crippen LogP contribution in [0.15, 0.2) is 29.0 Å². The third-order valence-electron chi connectivity index (χ3n) is 5.84. The standard InChI is InChI=1S/C20H25N5OS/c1-2-4-15(3-1)13-26-17-7-10-24(11-8-17)19-6-5-18-21-22-20(25(18)23-19)16-9-12-27-14-16/h5-6,9,12,14-15,17H,1-4,7-8,10-11,13H2. The molecule has 0 spiro atoms. The predicted molar refractivity (Wildman–Crippen MR) is 107 cm³/mol. The van der Waals surface area contributed by atoms with Crippen LogP contribution in [0.4, 0.5) is 5.82 Å². The summed E-state index contributed by atoms with van der Waals surface area (Å²) in [7, 11) is 0. The highest BCUT2D eigenvalue weighted by Gasteiger charge is 2.23. The van der Waals surface area contributed by atoms with E-state index in [1.165, 1.54) is 25.7 Å². The lowest BCUT2D eigenvalue weighted by atomic mass is 10.1. The second-order valence-electron chi connectivity index (χ2n) is 7.67. The molecule has 1 aliphatic carbocycles. The molecule has 142 valence electrons. The molecule has 0 amide bonds. The molecule has 0 unspecified atom stereocenters. The summed E-state index contributed by atoms with van der Waals surface area (Å²) in [5.41, 5.74) is 1.85.